The van der Waals surface area contributed by atoms with Gasteiger partial charge in [-0.15, -0.1) is 5.54 Å². The number of ketones is 3. The number of hydrogen-bond donors (Lipinski definition) is 1. The van der Waals surface area contributed by atoms with Gasteiger partial charge in [0, 0.05) is 6.42 Å². The fraction of sp³-hybridized carbons (Fsp3) is 0.714. The van der Waals surface area contributed by atoms with Crippen molar-refractivity contribution in [2.75, 3.05) is 0 Å². The zero-order valence-electron chi connectivity index (χ0n) is 17.7. The maximum Gasteiger partial charge on any atom is 0.310 e. The van der Waals surface area contributed by atoms with Gasteiger partial charge in [-0.05, 0) is 30.5 Å². The van der Waals surface area contributed by atoms with Crippen molar-refractivity contribution in [1.82, 2.24) is 0 Å². The Morgan fingerprint density at radius 1 is 1.04 bits per heavy atom. The molecule has 0 saturated heterocycles. The lowest BCUT2D eigenvalue weighted by atomic mass is 9.76. The molecule has 0 heterocycles. The summed E-state index contributed by atoms with van der Waals surface area (Å²) in [4.78, 5) is 49.5. The van der Waals surface area contributed by atoms with Gasteiger partial charge in [0.05, 0.1) is 5.41 Å². The molecule has 0 aliphatic heterocycles. The zero-order valence-corrected chi connectivity index (χ0v) is 18.7. The van der Waals surface area contributed by atoms with Gasteiger partial charge in [-0.25, -0.2) is 0 Å². The van der Waals surface area contributed by atoms with Crippen LogP contribution in [0.5, 0.6) is 0 Å². The minimum Gasteiger partial charge on any atom is -0.481 e. The lowest BCUT2D eigenvalue weighted by Gasteiger charge is -2.38. The van der Waals surface area contributed by atoms with Crippen molar-refractivity contribution in [3.8, 4) is 11.5 Å². The van der Waals surface area contributed by atoms with Gasteiger partial charge in [0.25, 0.3) is 0 Å². The van der Waals surface area contributed by atoms with E-state index in [0.29, 0.717) is 0 Å². The standard InChI is InChI=1S/C21H32O5Si/c1-13(2)27(14(3)4,15(5)6)10-9-21(16(22)11-18(24)25)12-17(23)20(7,8)19(21)26/h13-15H,11-12H2,1-8H3,(H,24,25)/t21-/m0/s1. The Bertz CT molecular complexity index is 699. The quantitative estimate of drug-likeness (QED) is 0.422. The zero-order chi connectivity index (χ0) is 21.4. The van der Waals surface area contributed by atoms with E-state index in [1.165, 1.54) is 13.8 Å². The molecule has 6 heteroatoms. The molecule has 1 saturated carbocycles. The van der Waals surface area contributed by atoms with E-state index in [1.807, 2.05) is 0 Å². The fourth-order valence-electron chi connectivity index (χ4n) is 4.53. The Morgan fingerprint density at radius 2 is 1.48 bits per heavy atom. The third-order valence-corrected chi connectivity index (χ3v) is 12.5. The van der Waals surface area contributed by atoms with E-state index >= 15 is 0 Å². The summed E-state index contributed by atoms with van der Waals surface area (Å²) in [5, 5.41) is 9.08. The predicted octanol–water partition coefficient (Wildman–Crippen LogP) is 3.81. The molecule has 27 heavy (non-hydrogen) atoms. The van der Waals surface area contributed by atoms with Crippen LogP contribution in [-0.4, -0.2) is 36.5 Å². The second-order valence-corrected chi connectivity index (χ2v) is 14.7. The summed E-state index contributed by atoms with van der Waals surface area (Å²) < 4.78 is 0. The molecule has 1 N–H and O–H groups in total. The van der Waals surface area contributed by atoms with Crippen LogP contribution >= 0.6 is 0 Å². The van der Waals surface area contributed by atoms with E-state index < -0.39 is 42.9 Å². The van der Waals surface area contributed by atoms with Crippen LogP contribution in [0.2, 0.25) is 16.6 Å². The van der Waals surface area contributed by atoms with Gasteiger partial charge in [-0.1, -0.05) is 47.5 Å². The van der Waals surface area contributed by atoms with Crippen molar-refractivity contribution in [2.45, 2.75) is 84.9 Å². The summed E-state index contributed by atoms with van der Waals surface area (Å²) >= 11 is 0. The number of Topliss-reactive ketones (excluding diaryl/α,β-unsaturated/α-hetero) is 3. The molecule has 0 aromatic rings. The SMILES string of the molecule is CC(C)[Si](C#C[C@@]1(C(=O)CC(=O)O)CC(=O)C(C)(C)C1=O)(C(C)C)C(C)C. The van der Waals surface area contributed by atoms with Gasteiger partial charge in [-0.3, -0.25) is 19.2 Å². The summed E-state index contributed by atoms with van der Waals surface area (Å²) in [5.41, 5.74) is 1.08. The Morgan fingerprint density at radius 3 is 1.78 bits per heavy atom. The second-order valence-electron chi connectivity index (χ2n) is 9.10. The Hall–Kier alpha value is -1.74. The van der Waals surface area contributed by atoms with E-state index in [4.69, 9.17) is 5.11 Å². The number of carbonyl (C=O) groups excluding carboxylic acids is 3. The lowest BCUT2D eigenvalue weighted by Crippen LogP contribution is -2.45. The summed E-state index contributed by atoms with van der Waals surface area (Å²) in [7, 11) is -2.25. The number of aliphatic carboxylic acids is 1. The fourth-order valence-corrected chi connectivity index (χ4v) is 9.83. The van der Waals surface area contributed by atoms with Crippen LogP contribution in [-0.2, 0) is 19.2 Å². The molecule has 1 aliphatic carbocycles. The first-order valence-electron chi connectivity index (χ1n) is 9.53. The van der Waals surface area contributed by atoms with Gasteiger partial charge >= 0.3 is 5.97 Å². The topological polar surface area (TPSA) is 88.5 Å². The molecule has 0 aromatic carbocycles. The Balaban J connectivity index is 3.69. The van der Waals surface area contributed by atoms with Crippen LogP contribution in [0.4, 0.5) is 0 Å². The van der Waals surface area contributed by atoms with E-state index in [2.05, 4.69) is 53.0 Å². The second kappa shape index (κ2) is 7.71. The predicted molar refractivity (Wildman–Crippen MR) is 107 cm³/mol. The van der Waals surface area contributed by atoms with Crippen LogP contribution < -0.4 is 0 Å². The first kappa shape index (κ1) is 23.3. The number of hydrogen-bond acceptors (Lipinski definition) is 4. The smallest absolute Gasteiger partial charge is 0.310 e. The third kappa shape index (κ3) is 3.80. The molecule has 0 spiro atoms. The largest absolute Gasteiger partial charge is 0.481 e. The molecular weight excluding hydrogens is 360 g/mol. The molecule has 0 unspecified atom stereocenters. The van der Waals surface area contributed by atoms with Gasteiger partial charge in [0.2, 0.25) is 0 Å². The van der Waals surface area contributed by atoms with Crippen LogP contribution in [0.25, 0.3) is 0 Å². The normalized spacial score (nSPS) is 22.3. The number of carbonyl (C=O) groups is 4. The van der Waals surface area contributed by atoms with Crippen molar-refractivity contribution in [3.63, 3.8) is 0 Å². The number of carboxylic acids is 1. The van der Waals surface area contributed by atoms with E-state index in [0.717, 1.165) is 0 Å². The molecule has 0 bridgehead atoms. The monoisotopic (exact) mass is 392 g/mol. The van der Waals surface area contributed by atoms with E-state index in [9.17, 15) is 19.2 Å². The third-order valence-electron chi connectivity index (χ3n) is 6.22. The summed E-state index contributed by atoms with van der Waals surface area (Å²) in [6.45, 7) is 15.6. The maximum absolute atomic E-state index is 13.1. The summed E-state index contributed by atoms with van der Waals surface area (Å²) in [6, 6.07) is 0. The van der Waals surface area contributed by atoms with E-state index in [-0.39, 0.29) is 28.8 Å². The minimum atomic E-state index is -2.25. The first-order chi connectivity index (χ1) is 12.2. The van der Waals surface area contributed by atoms with Crippen molar-refractivity contribution in [2.24, 2.45) is 10.8 Å². The van der Waals surface area contributed by atoms with Gasteiger partial charge in [-0.2, -0.15) is 0 Å². The van der Waals surface area contributed by atoms with Gasteiger partial charge in [0.15, 0.2) is 17.0 Å². The van der Waals surface area contributed by atoms with Gasteiger partial charge < -0.3 is 5.11 Å². The van der Waals surface area contributed by atoms with E-state index in [1.54, 1.807) is 0 Å². The average molecular weight is 393 g/mol. The highest BCUT2D eigenvalue weighted by Crippen LogP contribution is 2.46. The maximum atomic E-state index is 13.1. The molecule has 1 atom stereocenters. The van der Waals surface area contributed by atoms with Gasteiger partial charge in [0.1, 0.15) is 20.3 Å². The van der Waals surface area contributed by atoms with Crippen LogP contribution in [0.1, 0.15) is 68.2 Å². The first-order valence-corrected chi connectivity index (χ1v) is 11.8. The van der Waals surface area contributed by atoms with Crippen molar-refractivity contribution < 1.29 is 24.3 Å². The molecule has 0 amide bonds. The molecule has 1 fully saturated rings. The highest BCUT2D eigenvalue weighted by atomic mass is 28.3. The average Bonchev–Trinajstić information content (AvgIpc) is 2.67. The highest BCUT2D eigenvalue weighted by molar-refractivity contribution is 6.90. The molecule has 1 rings (SSSR count). The van der Waals surface area contributed by atoms with Crippen molar-refractivity contribution in [3.05, 3.63) is 0 Å². The summed E-state index contributed by atoms with van der Waals surface area (Å²) in [6.07, 6.45) is -1.12. The summed E-state index contributed by atoms with van der Waals surface area (Å²) in [5.74, 6) is -0.0494. The lowest BCUT2D eigenvalue weighted by molar-refractivity contribution is -0.144. The van der Waals surface area contributed by atoms with Crippen molar-refractivity contribution in [1.29, 1.82) is 0 Å². The van der Waals surface area contributed by atoms with Crippen molar-refractivity contribution >= 4 is 31.4 Å². The highest BCUT2D eigenvalue weighted by Gasteiger charge is 2.61. The number of carboxylic acid groups (broad SMARTS) is 1. The molecular formula is C21H32O5Si. The Labute approximate surface area is 163 Å². The molecule has 0 aromatic heterocycles. The molecule has 0 radical (unpaired) electrons. The molecule has 150 valence electrons. The molecule has 1 aliphatic rings. The van der Waals surface area contributed by atoms with Crippen LogP contribution in [0, 0.1) is 22.3 Å². The number of rotatable bonds is 6. The molecule has 5 nitrogen and oxygen atoms in total. The minimum absolute atomic E-state index is 0.289. The van der Waals surface area contributed by atoms with Crippen LogP contribution in [0.3, 0.4) is 0 Å². The van der Waals surface area contributed by atoms with Crippen LogP contribution in [0.15, 0.2) is 0 Å². The Kier molecular flexibility index (Phi) is 6.65.